The van der Waals surface area contributed by atoms with Crippen LogP contribution in [-0.4, -0.2) is 12.2 Å². The number of rotatable bonds is 2. The van der Waals surface area contributed by atoms with Crippen molar-refractivity contribution in [3.8, 4) is 0 Å². The number of nitrogens with one attached hydrogen (secondary N) is 1. The molecule has 1 fully saturated rings. The van der Waals surface area contributed by atoms with Crippen LogP contribution in [0, 0.1) is 18.7 Å². The highest BCUT2D eigenvalue weighted by Crippen LogP contribution is 2.39. The van der Waals surface area contributed by atoms with Crippen molar-refractivity contribution in [2.45, 2.75) is 44.8 Å². The zero-order valence-electron chi connectivity index (χ0n) is 10.7. The van der Waals surface area contributed by atoms with E-state index < -0.39 is 24.0 Å². The van der Waals surface area contributed by atoms with Gasteiger partial charge in [-0.2, -0.15) is 13.2 Å². The number of alkyl halides is 3. The molecule has 0 aromatic heterocycles. The zero-order valence-corrected chi connectivity index (χ0v) is 10.7. The first-order valence-corrected chi connectivity index (χ1v) is 6.47. The van der Waals surface area contributed by atoms with E-state index >= 15 is 0 Å². The number of aryl methyl sites for hydroxylation is 1. The molecule has 1 aromatic carbocycles. The van der Waals surface area contributed by atoms with Gasteiger partial charge in [0, 0.05) is 11.7 Å². The third-order valence-corrected chi connectivity index (χ3v) is 3.73. The van der Waals surface area contributed by atoms with Crippen molar-refractivity contribution in [2.75, 3.05) is 5.32 Å². The lowest BCUT2D eigenvalue weighted by atomic mass is 9.83. The molecule has 2 rings (SSSR count). The molecule has 2 unspecified atom stereocenters. The third-order valence-electron chi connectivity index (χ3n) is 3.73. The molecule has 1 aliphatic rings. The average molecular weight is 275 g/mol. The molecule has 1 aliphatic carbocycles. The molecule has 0 bridgehead atoms. The van der Waals surface area contributed by atoms with Gasteiger partial charge in [0.2, 0.25) is 0 Å². The molecule has 5 heteroatoms. The van der Waals surface area contributed by atoms with E-state index in [2.05, 4.69) is 5.32 Å². The summed E-state index contributed by atoms with van der Waals surface area (Å²) in [7, 11) is 0. The number of anilines is 1. The maximum Gasteiger partial charge on any atom is 0.393 e. The quantitative estimate of drug-likeness (QED) is 0.773. The molecule has 106 valence electrons. The van der Waals surface area contributed by atoms with E-state index in [0.717, 1.165) is 12.0 Å². The lowest BCUT2D eigenvalue weighted by molar-refractivity contribution is -0.184. The monoisotopic (exact) mass is 275 g/mol. The summed E-state index contributed by atoms with van der Waals surface area (Å²) in [5, 5.41) is 2.89. The summed E-state index contributed by atoms with van der Waals surface area (Å²) < 4.78 is 52.0. The number of benzene rings is 1. The Bertz CT molecular complexity index is 442. The fourth-order valence-electron chi connectivity index (χ4n) is 2.64. The molecular weight excluding hydrogens is 258 g/mol. The Kier molecular flexibility index (Phi) is 4.02. The molecule has 1 aromatic rings. The third kappa shape index (κ3) is 3.39. The van der Waals surface area contributed by atoms with Gasteiger partial charge in [0.25, 0.3) is 0 Å². The Morgan fingerprint density at radius 3 is 2.53 bits per heavy atom. The number of hydrogen-bond acceptors (Lipinski definition) is 1. The van der Waals surface area contributed by atoms with E-state index in [9.17, 15) is 17.6 Å². The highest BCUT2D eigenvalue weighted by atomic mass is 19.4. The standard InChI is InChI=1S/C14H17F4N/c1-9-6-7-10(15)8-13(9)19-12-5-3-2-4-11(12)14(16,17)18/h6-8,11-12,19H,2-5H2,1H3. The van der Waals surface area contributed by atoms with E-state index in [0.29, 0.717) is 18.5 Å². The van der Waals surface area contributed by atoms with Gasteiger partial charge in [-0.3, -0.25) is 0 Å². The minimum absolute atomic E-state index is 0.148. The van der Waals surface area contributed by atoms with Crippen LogP contribution in [0.1, 0.15) is 31.2 Å². The van der Waals surface area contributed by atoms with Crippen LogP contribution >= 0.6 is 0 Å². The molecule has 0 aliphatic heterocycles. The van der Waals surface area contributed by atoms with Crippen LogP contribution in [-0.2, 0) is 0 Å². The lowest BCUT2D eigenvalue weighted by Crippen LogP contribution is -2.41. The van der Waals surface area contributed by atoms with Gasteiger partial charge in [-0.25, -0.2) is 4.39 Å². The van der Waals surface area contributed by atoms with Crippen molar-refractivity contribution in [2.24, 2.45) is 5.92 Å². The van der Waals surface area contributed by atoms with E-state index in [1.54, 1.807) is 13.0 Å². The molecular formula is C14H17F4N. The van der Waals surface area contributed by atoms with Crippen LogP contribution < -0.4 is 5.32 Å². The highest BCUT2D eigenvalue weighted by molar-refractivity contribution is 5.51. The van der Waals surface area contributed by atoms with Gasteiger partial charge in [0.05, 0.1) is 5.92 Å². The molecule has 0 amide bonds. The van der Waals surface area contributed by atoms with Gasteiger partial charge < -0.3 is 5.32 Å². The van der Waals surface area contributed by atoms with Crippen molar-refractivity contribution < 1.29 is 17.6 Å². The maximum atomic E-state index is 13.2. The van der Waals surface area contributed by atoms with Crippen LogP contribution in [0.5, 0.6) is 0 Å². The first-order valence-electron chi connectivity index (χ1n) is 6.47. The minimum atomic E-state index is -4.20. The van der Waals surface area contributed by atoms with Crippen LogP contribution in [0.3, 0.4) is 0 Å². The lowest BCUT2D eigenvalue weighted by Gasteiger charge is -2.34. The summed E-state index contributed by atoms with van der Waals surface area (Å²) in [4.78, 5) is 0. The molecule has 0 radical (unpaired) electrons. The Hall–Kier alpha value is -1.26. The van der Waals surface area contributed by atoms with Crippen molar-refractivity contribution >= 4 is 5.69 Å². The van der Waals surface area contributed by atoms with Crippen molar-refractivity contribution in [1.82, 2.24) is 0 Å². The molecule has 2 atom stereocenters. The van der Waals surface area contributed by atoms with Gasteiger partial charge >= 0.3 is 6.18 Å². The topological polar surface area (TPSA) is 12.0 Å². The summed E-state index contributed by atoms with van der Waals surface area (Å²) >= 11 is 0. The van der Waals surface area contributed by atoms with Crippen LogP contribution in [0.2, 0.25) is 0 Å². The van der Waals surface area contributed by atoms with E-state index in [4.69, 9.17) is 0 Å². The van der Waals surface area contributed by atoms with Crippen molar-refractivity contribution in [3.63, 3.8) is 0 Å². The molecule has 0 saturated heterocycles. The summed E-state index contributed by atoms with van der Waals surface area (Å²) in [6.45, 7) is 1.76. The summed E-state index contributed by atoms with van der Waals surface area (Å²) in [5.41, 5.74) is 1.22. The second-order valence-corrected chi connectivity index (χ2v) is 5.14. The molecule has 1 nitrogen and oxygen atoms in total. The molecule has 19 heavy (non-hydrogen) atoms. The second kappa shape index (κ2) is 5.39. The van der Waals surface area contributed by atoms with Crippen LogP contribution in [0.25, 0.3) is 0 Å². The number of halogens is 4. The average Bonchev–Trinajstić information content (AvgIpc) is 2.33. The Morgan fingerprint density at radius 2 is 1.84 bits per heavy atom. The second-order valence-electron chi connectivity index (χ2n) is 5.14. The summed E-state index contributed by atoms with van der Waals surface area (Å²) in [6, 6.07) is 3.48. The predicted octanol–water partition coefficient (Wildman–Crippen LogP) is 4.67. The highest BCUT2D eigenvalue weighted by Gasteiger charge is 2.45. The van der Waals surface area contributed by atoms with Gasteiger partial charge in [-0.05, 0) is 37.5 Å². The van der Waals surface area contributed by atoms with Gasteiger partial charge in [0.15, 0.2) is 0 Å². The first kappa shape index (κ1) is 14.2. The summed E-state index contributed by atoms with van der Waals surface area (Å²) in [5.74, 6) is -1.78. The SMILES string of the molecule is Cc1ccc(F)cc1NC1CCCCC1C(F)(F)F. The van der Waals surface area contributed by atoms with Crippen molar-refractivity contribution in [3.05, 3.63) is 29.6 Å². The van der Waals surface area contributed by atoms with E-state index in [-0.39, 0.29) is 6.42 Å². The molecule has 0 spiro atoms. The van der Waals surface area contributed by atoms with Gasteiger partial charge in [-0.15, -0.1) is 0 Å². The number of hydrogen-bond donors (Lipinski definition) is 1. The Morgan fingerprint density at radius 1 is 1.16 bits per heavy atom. The van der Waals surface area contributed by atoms with Crippen LogP contribution in [0.15, 0.2) is 18.2 Å². The first-order chi connectivity index (χ1) is 8.88. The van der Waals surface area contributed by atoms with Gasteiger partial charge in [-0.1, -0.05) is 18.9 Å². The fourth-order valence-corrected chi connectivity index (χ4v) is 2.64. The Labute approximate surface area is 110 Å². The van der Waals surface area contributed by atoms with Crippen LogP contribution in [0.4, 0.5) is 23.2 Å². The molecule has 1 N–H and O–H groups in total. The van der Waals surface area contributed by atoms with Gasteiger partial charge in [0.1, 0.15) is 5.82 Å². The van der Waals surface area contributed by atoms with E-state index in [1.807, 2.05) is 0 Å². The van der Waals surface area contributed by atoms with Crippen molar-refractivity contribution in [1.29, 1.82) is 0 Å². The fraction of sp³-hybridized carbons (Fsp3) is 0.571. The van der Waals surface area contributed by atoms with E-state index in [1.165, 1.54) is 12.1 Å². The zero-order chi connectivity index (χ0) is 14.0. The predicted molar refractivity (Wildman–Crippen MR) is 66.6 cm³/mol. The summed E-state index contributed by atoms with van der Waals surface area (Å²) in [6.07, 6.45) is -2.20. The minimum Gasteiger partial charge on any atom is -0.381 e. The largest absolute Gasteiger partial charge is 0.393 e. The molecule has 1 saturated carbocycles. The Balaban J connectivity index is 2.17. The smallest absolute Gasteiger partial charge is 0.381 e. The molecule has 0 heterocycles. The normalized spacial score (nSPS) is 24.3. The maximum absolute atomic E-state index is 13.2.